The van der Waals surface area contributed by atoms with Crippen molar-refractivity contribution in [1.29, 1.82) is 5.41 Å². The SMILES string of the molecule is CCC1CCC(N(C)c2c(F)cc(C(=N)N)cc2F)CC1. The predicted octanol–water partition coefficient (Wildman–Crippen LogP) is 3.65. The van der Waals surface area contributed by atoms with Gasteiger partial charge in [-0.25, -0.2) is 8.78 Å². The summed E-state index contributed by atoms with van der Waals surface area (Å²) in [4.78, 5) is 1.71. The zero-order valence-corrected chi connectivity index (χ0v) is 12.6. The van der Waals surface area contributed by atoms with Gasteiger partial charge in [0.15, 0.2) is 0 Å². The average molecular weight is 295 g/mol. The van der Waals surface area contributed by atoms with Crippen LogP contribution in [0.4, 0.5) is 14.5 Å². The summed E-state index contributed by atoms with van der Waals surface area (Å²) in [5.41, 5.74) is 5.35. The summed E-state index contributed by atoms with van der Waals surface area (Å²) < 4.78 is 28.4. The van der Waals surface area contributed by atoms with Crippen molar-refractivity contribution < 1.29 is 8.78 Å². The summed E-state index contributed by atoms with van der Waals surface area (Å²) in [6.07, 6.45) is 5.32. The Kier molecular flexibility index (Phi) is 4.80. The molecule has 3 nitrogen and oxygen atoms in total. The molecule has 0 spiro atoms. The zero-order chi connectivity index (χ0) is 15.6. The van der Waals surface area contributed by atoms with Gasteiger partial charge in [-0.2, -0.15) is 0 Å². The number of hydrogen-bond donors (Lipinski definition) is 2. The number of rotatable bonds is 4. The smallest absolute Gasteiger partial charge is 0.150 e. The van der Waals surface area contributed by atoms with Crippen LogP contribution in [0, 0.1) is 23.0 Å². The van der Waals surface area contributed by atoms with Gasteiger partial charge in [0.05, 0.1) is 0 Å². The lowest BCUT2D eigenvalue weighted by Crippen LogP contribution is -2.36. The minimum absolute atomic E-state index is 0.0139. The number of halogens is 2. The van der Waals surface area contributed by atoms with E-state index in [9.17, 15) is 8.78 Å². The molecule has 1 aromatic carbocycles. The van der Waals surface area contributed by atoms with Gasteiger partial charge in [0.1, 0.15) is 23.2 Å². The lowest BCUT2D eigenvalue weighted by Gasteiger charge is -2.36. The molecule has 0 saturated heterocycles. The van der Waals surface area contributed by atoms with Crippen LogP contribution in [-0.2, 0) is 0 Å². The van der Waals surface area contributed by atoms with E-state index in [0.29, 0.717) is 0 Å². The summed E-state index contributed by atoms with van der Waals surface area (Å²) in [6.45, 7) is 2.19. The molecule has 1 aromatic rings. The minimum atomic E-state index is -0.652. The number of nitrogens with one attached hydrogen (secondary N) is 1. The van der Waals surface area contributed by atoms with E-state index in [1.165, 1.54) is 6.42 Å². The molecule has 0 aromatic heterocycles. The molecule has 0 amide bonds. The van der Waals surface area contributed by atoms with Crippen molar-refractivity contribution in [3.05, 3.63) is 29.3 Å². The number of benzene rings is 1. The van der Waals surface area contributed by atoms with Gasteiger partial charge < -0.3 is 10.6 Å². The molecule has 1 aliphatic rings. The molecular weight excluding hydrogens is 272 g/mol. The molecule has 1 aliphatic carbocycles. The molecule has 3 N–H and O–H groups in total. The highest BCUT2D eigenvalue weighted by molar-refractivity contribution is 5.95. The van der Waals surface area contributed by atoms with E-state index in [0.717, 1.165) is 43.7 Å². The summed E-state index contributed by atoms with van der Waals surface area (Å²) in [5, 5.41) is 7.28. The van der Waals surface area contributed by atoms with E-state index in [4.69, 9.17) is 11.1 Å². The molecule has 0 aliphatic heterocycles. The fourth-order valence-corrected chi connectivity index (χ4v) is 3.18. The van der Waals surface area contributed by atoms with Crippen LogP contribution >= 0.6 is 0 Å². The number of nitrogens with two attached hydrogens (primary N) is 1. The Morgan fingerprint density at radius 3 is 2.19 bits per heavy atom. The van der Waals surface area contributed by atoms with Gasteiger partial charge in [0, 0.05) is 18.7 Å². The Morgan fingerprint density at radius 2 is 1.76 bits per heavy atom. The maximum Gasteiger partial charge on any atom is 0.150 e. The summed E-state index contributed by atoms with van der Waals surface area (Å²) >= 11 is 0. The van der Waals surface area contributed by atoms with Crippen LogP contribution in [0.2, 0.25) is 0 Å². The molecule has 1 fully saturated rings. The average Bonchev–Trinajstić information content (AvgIpc) is 2.46. The number of hydrogen-bond acceptors (Lipinski definition) is 2. The first-order chi connectivity index (χ1) is 9.93. The van der Waals surface area contributed by atoms with E-state index in [1.54, 1.807) is 11.9 Å². The molecule has 1 saturated carbocycles. The molecule has 116 valence electrons. The van der Waals surface area contributed by atoms with Crippen LogP contribution in [0.15, 0.2) is 12.1 Å². The van der Waals surface area contributed by atoms with Gasteiger partial charge in [-0.05, 0) is 43.7 Å². The first-order valence-electron chi connectivity index (χ1n) is 7.50. The molecule has 0 atom stereocenters. The van der Waals surface area contributed by atoms with Crippen molar-refractivity contribution in [2.75, 3.05) is 11.9 Å². The Balaban J connectivity index is 2.20. The second-order valence-electron chi connectivity index (χ2n) is 5.90. The first kappa shape index (κ1) is 15.7. The van der Waals surface area contributed by atoms with Crippen LogP contribution in [-0.4, -0.2) is 18.9 Å². The normalized spacial score (nSPS) is 22.1. The number of amidine groups is 1. The second kappa shape index (κ2) is 6.41. The van der Waals surface area contributed by atoms with E-state index < -0.39 is 11.6 Å². The van der Waals surface area contributed by atoms with Crippen molar-refractivity contribution in [3.63, 3.8) is 0 Å². The fraction of sp³-hybridized carbons (Fsp3) is 0.562. The maximum atomic E-state index is 14.2. The molecule has 0 unspecified atom stereocenters. The molecule has 0 radical (unpaired) electrons. The first-order valence-corrected chi connectivity index (χ1v) is 7.50. The predicted molar refractivity (Wildman–Crippen MR) is 81.8 cm³/mol. The Morgan fingerprint density at radius 1 is 1.24 bits per heavy atom. The zero-order valence-electron chi connectivity index (χ0n) is 12.6. The monoisotopic (exact) mass is 295 g/mol. The van der Waals surface area contributed by atoms with Gasteiger partial charge >= 0.3 is 0 Å². The van der Waals surface area contributed by atoms with Crippen molar-refractivity contribution in [2.45, 2.75) is 45.1 Å². The van der Waals surface area contributed by atoms with Crippen molar-refractivity contribution in [3.8, 4) is 0 Å². The van der Waals surface area contributed by atoms with Gasteiger partial charge in [0.2, 0.25) is 0 Å². The van der Waals surface area contributed by atoms with E-state index >= 15 is 0 Å². The fourth-order valence-electron chi connectivity index (χ4n) is 3.18. The number of nitrogen functional groups attached to an aromatic ring is 1. The summed E-state index contributed by atoms with van der Waals surface area (Å²) in [5.74, 6) is -0.893. The molecular formula is C16H23F2N3. The van der Waals surface area contributed by atoms with Crippen LogP contribution in [0.1, 0.15) is 44.6 Å². The van der Waals surface area contributed by atoms with Gasteiger partial charge in [0.25, 0.3) is 0 Å². The molecule has 0 heterocycles. The lowest BCUT2D eigenvalue weighted by atomic mass is 9.84. The quantitative estimate of drug-likeness (QED) is 0.658. The van der Waals surface area contributed by atoms with E-state index in [-0.39, 0.29) is 23.1 Å². The summed E-state index contributed by atoms with van der Waals surface area (Å²) in [7, 11) is 1.74. The van der Waals surface area contributed by atoms with Gasteiger partial charge in [-0.15, -0.1) is 0 Å². The van der Waals surface area contributed by atoms with Gasteiger partial charge in [-0.1, -0.05) is 13.3 Å². The topological polar surface area (TPSA) is 53.1 Å². The number of anilines is 1. The maximum absolute atomic E-state index is 14.2. The highest BCUT2D eigenvalue weighted by atomic mass is 19.1. The Hall–Kier alpha value is -1.65. The van der Waals surface area contributed by atoms with Crippen LogP contribution in [0.3, 0.4) is 0 Å². The molecule has 2 rings (SSSR count). The minimum Gasteiger partial charge on any atom is -0.384 e. The largest absolute Gasteiger partial charge is 0.384 e. The lowest BCUT2D eigenvalue weighted by molar-refractivity contribution is 0.311. The summed E-state index contributed by atoms with van der Waals surface area (Å²) in [6, 6.07) is 2.43. The van der Waals surface area contributed by atoms with Crippen LogP contribution in [0.5, 0.6) is 0 Å². The Bertz CT molecular complexity index is 499. The van der Waals surface area contributed by atoms with Crippen LogP contribution in [0.25, 0.3) is 0 Å². The second-order valence-corrected chi connectivity index (χ2v) is 5.90. The third kappa shape index (κ3) is 3.34. The number of nitrogens with zero attached hydrogens (tertiary/aromatic N) is 1. The molecule has 21 heavy (non-hydrogen) atoms. The molecule has 5 heteroatoms. The van der Waals surface area contributed by atoms with Crippen molar-refractivity contribution >= 4 is 11.5 Å². The van der Waals surface area contributed by atoms with Gasteiger partial charge in [-0.3, -0.25) is 5.41 Å². The highest BCUT2D eigenvalue weighted by Crippen LogP contribution is 2.33. The standard InChI is InChI=1S/C16H23F2N3/c1-3-10-4-6-12(7-5-10)21(2)15-13(17)8-11(16(19)20)9-14(15)18/h8-10,12H,3-7H2,1-2H3,(H3,19,20). The third-order valence-corrected chi connectivity index (χ3v) is 4.62. The van der Waals surface area contributed by atoms with Crippen molar-refractivity contribution in [2.24, 2.45) is 11.7 Å². The van der Waals surface area contributed by atoms with E-state index in [2.05, 4.69) is 6.92 Å². The van der Waals surface area contributed by atoms with Crippen molar-refractivity contribution in [1.82, 2.24) is 0 Å². The molecule has 0 bridgehead atoms. The third-order valence-electron chi connectivity index (χ3n) is 4.62. The highest BCUT2D eigenvalue weighted by Gasteiger charge is 2.26. The Labute approximate surface area is 124 Å². The van der Waals surface area contributed by atoms with Crippen LogP contribution < -0.4 is 10.6 Å². The van der Waals surface area contributed by atoms with E-state index in [1.807, 2.05) is 0 Å².